The molecule has 98 valence electrons. The van der Waals surface area contributed by atoms with E-state index in [9.17, 15) is 0 Å². The van der Waals surface area contributed by atoms with Crippen molar-refractivity contribution >= 4 is 21.9 Å². The van der Waals surface area contributed by atoms with Gasteiger partial charge in [-0.2, -0.15) is 5.10 Å². The van der Waals surface area contributed by atoms with Crippen molar-refractivity contribution in [2.24, 2.45) is 0 Å². The number of aromatic nitrogens is 3. The minimum Gasteiger partial charge on any atom is -0.497 e. The van der Waals surface area contributed by atoms with Gasteiger partial charge in [-0.15, -0.1) is 0 Å². The monoisotopic (exact) mass is 263 g/mol. The molecule has 0 aliphatic rings. The molecule has 1 N–H and O–H groups in total. The van der Waals surface area contributed by atoms with Gasteiger partial charge in [0.2, 0.25) is 0 Å². The highest BCUT2D eigenvalue weighted by Gasteiger charge is 2.12. The van der Waals surface area contributed by atoms with Gasteiger partial charge in [0.25, 0.3) is 0 Å². The van der Waals surface area contributed by atoms with Gasteiger partial charge < -0.3 is 9.72 Å². The standard InChI is InChI=1S/C16H13N3O/c1-20-12-7-8-14-13(9-12)16-15(18-14)10-17-19(16)11-5-3-2-4-6-11/h2-10,18H,1H3. The van der Waals surface area contributed by atoms with E-state index >= 15 is 0 Å². The highest BCUT2D eigenvalue weighted by molar-refractivity contribution is 6.06. The minimum absolute atomic E-state index is 0.846. The molecule has 0 atom stereocenters. The van der Waals surface area contributed by atoms with Gasteiger partial charge in [-0.1, -0.05) is 18.2 Å². The van der Waals surface area contributed by atoms with E-state index in [1.54, 1.807) is 7.11 Å². The summed E-state index contributed by atoms with van der Waals surface area (Å²) in [6.45, 7) is 0. The first-order valence-electron chi connectivity index (χ1n) is 6.46. The van der Waals surface area contributed by atoms with Crippen molar-refractivity contribution in [3.05, 3.63) is 54.7 Å². The van der Waals surface area contributed by atoms with Gasteiger partial charge in [0, 0.05) is 10.9 Å². The number of benzene rings is 2. The van der Waals surface area contributed by atoms with E-state index in [1.165, 1.54) is 0 Å². The lowest BCUT2D eigenvalue weighted by Gasteiger charge is -2.03. The van der Waals surface area contributed by atoms with Crippen LogP contribution in [-0.2, 0) is 0 Å². The summed E-state index contributed by atoms with van der Waals surface area (Å²) in [5, 5.41) is 5.59. The Bertz CT molecular complexity index is 890. The Kier molecular flexibility index (Phi) is 2.29. The summed E-state index contributed by atoms with van der Waals surface area (Å²) in [4.78, 5) is 3.38. The van der Waals surface area contributed by atoms with E-state index in [0.29, 0.717) is 0 Å². The number of ether oxygens (including phenoxy) is 1. The second-order valence-corrected chi connectivity index (χ2v) is 4.69. The number of nitrogens with zero attached hydrogens (tertiary/aromatic N) is 2. The summed E-state index contributed by atoms with van der Waals surface area (Å²) >= 11 is 0. The first-order chi connectivity index (χ1) is 9.86. The second kappa shape index (κ2) is 4.13. The Morgan fingerprint density at radius 3 is 2.70 bits per heavy atom. The summed E-state index contributed by atoms with van der Waals surface area (Å²) in [7, 11) is 1.68. The van der Waals surface area contributed by atoms with Crippen LogP contribution >= 0.6 is 0 Å². The SMILES string of the molecule is COc1ccc2[nH]c3cnn(-c4ccccc4)c3c2c1. The molecule has 4 heteroatoms. The summed E-state index contributed by atoms with van der Waals surface area (Å²) < 4.78 is 7.27. The number of aromatic amines is 1. The average Bonchev–Trinajstić information content (AvgIpc) is 3.06. The predicted molar refractivity (Wildman–Crippen MR) is 79.5 cm³/mol. The molecule has 0 aliphatic heterocycles. The molecule has 0 unspecified atom stereocenters. The van der Waals surface area contributed by atoms with Crippen LogP contribution in [0.5, 0.6) is 5.75 Å². The lowest BCUT2D eigenvalue weighted by Crippen LogP contribution is -1.95. The maximum absolute atomic E-state index is 5.32. The van der Waals surface area contributed by atoms with Gasteiger partial charge in [0.05, 0.1) is 30.0 Å². The number of hydrogen-bond donors (Lipinski definition) is 1. The molecular weight excluding hydrogens is 250 g/mol. The largest absolute Gasteiger partial charge is 0.497 e. The van der Waals surface area contributed by atoms with E-state index in [-0.39, 0.29) is 0 Å². The second-order valence-electron chi connectivity index (χ2n) is 4.69. The molecule has 2 heterocycles. The average molecular weight is 263 g/mol. The lowest BCUT2D eigenvalue weighted by atomic mass is 10.2. The van der Waals surface area contributed by atoms with E-state index in [1.807, 2.05) is 59.4 Å². The van der Waals surface area contributed by atoms with Crippen LogP contribution in [0.3, 0.4) is 0 Å². The number of nitrogens with one attached hydrogen (secondary N) is 1. The molecule has 4 nitrogen and oxygen atoms in total. The van der Waals surface area contributed by atoms with Crippen LogP contribution in [0, 0.1) is 0 Å². The van der Waals surface area contributed by atoms with Crippen molar-refractivity contribution in [1.29, 1.82) is 0 Å². The topological polar surface area (TPSA) is 42.8 Å². The normalized spacial score (nSPS) is 11.2. The quantitative estimate of drug-likeness (QED) is 0.601. The van der Waals surface area contributed by atoms with E-state index < -0.39 is 0 Å². The molecule has 0 fully saturated rings. The minimum atomic E-state index is 0.846. The summed E-state index contributed by atoms with van der Waals surface area (Å²) in [6.07, 6.45) is 1.86. The van der Waals surface area contributed by atoms with E-state index in [4.69, 9.17) is 4.74 Å². The number of H-pyrrole nitrogens is 1. The molecule has 0 saturated heterocycles. The van der Waals surface area contributed by atoms with Crippen molar-refractivity contribution in [2.45, 2.75) is 0 Å². The van der Waals surface area contributed by atoms with Crippen LogP contribution in [0.1, 0.15) is 0 Å². The fourth-order valence-corrected chi connectivity index (χ4v) is 2.56. The lowest BCUT2D eigenvalue weighted by molar-refractivity contribution is 0.415. The Balaban J connectivity index is 2.07. The summed E-state index contributed by atoms with van der Waals surface area (Å²) in [5.74, 6) is 0.846. The van der Waals surface area contributed by atoms with Gasteiger partial charge in [-0.3, -0.25) is 0 Å². The summed E-state index contributed by atoms with van der Waals surface area (Å²) in [6, 6.07) is 16.1. The molecule has 2 aromatic heterocycles. The van der Waals surface area contributed by atoms with Crippen molar-refractivity contribution in [2.75, 3.05) is 7.11 Å². The number of rotatable bonds is 2. The van der Waals surface area contributed by atoms with E-state index in [0.717, 1.165) is 33.4 Å². The fraction of sp³-hybridized carbons (Fsp3) is 0.0625. The number of methoxy groups -OCH3 is 1. The van der Waals surface area contributed by atoms with Crippen molar-refractivity contribution in [3.8, 4) is 11.4 Å². The molecule has 4 aromatic rings. The molecule has 0 amide bonds. The Morgan fingerprint density at radius 2 is 1.90 bits per heavy atom. The van der Waals surface area contributed by atoms with Crippen LogP contribution in [0.2, 0.25) is 0 Å². The van der Waals surface area contributed by atoms with Gasteiger partial charge in [0.15, 0.2) is 0 Å². The molecule has 2 aromatic carbocycles. The molecule has 0 bridgehead atoms. The smallest absolute Gasteiger partial charge is 0.119 e. The maximum atomic E-state index is 5.32. The van der Waals surface area contributed by atoms with Gasteiger partial charge in [-0.05, 0) is 30.3 Å². The molecule has 0 radical (unpaired) electrons. The Hall–Kier alpha value is -2.75. The first kappa shape index (κ1) is 11.1. The van der Waals surface area contributed by atoms with Crippen molar-refractivity contribution < 1.29 is 4.74 Å². The van der Waals surface area contributed by atoms with Crippen molar-refractivity contribution in [3.63, 3.8) is 0 Å². The highest BCUT2D eigenvalue weighted by Crippen LogP contribution is 2.29. The summed E-state index contributed by atoms with van der Waals surface area (Å²) in [5.41, 5.74) is 4.23. The molecular formula is C16H13N3O. The third kappa shape index (κ3) is 1.51. The molecule has 20 heavy (non-hydrogen) atoms. The maximum Gasteiger partial charge on any atom is 0.119 e. The van der Waals surface area contributed by atoms with E-state index in [2.05, 4.69) is 10.1 Å². The third-order valence-electron chi connectivity index (χ3n) is 3.52. The molecule has 4 rings (SSSR count). The zero-order valence-electron chi connectivity index (χ0n) is 11.0. The number of para-hydroxylation sites is 1. The van der Waals surface area contributed by atoms with Crippen molar-refractivity contribution in [1.82, 2.24) is 14.8 Å². The molecule has 0 spiro atoms. The zero-order valence-corrected chi connectivity index (χ0v) is 11.0. The van der Waals surface area contributed by atoms with Crippen LogP contribution in [0.4, 0.5) is 0 Å². The predicted octanol–water partition coefficient (Wildman–Crippen LogP) is 3.52. The zero-order chi connectivity index (χ0) is 13.5. The van der Waals surface area contributed by atoms with Gasteiger partial charge in [0.1, 0.15) is 5.75 Å². The van der Waals surface area contributed by atoms with Crippen LogP contribution in [0.15, 0.2) is 54.7 Å². The van der Waals surface area contributed by atoms with Gasteiger partial charge >= 0.3 is 0 Å². The number of fused-ring (bicyclic) bond motifs is 3. The fourth-order valence-electron chi connectivity index (χ4n) is 2.56. The highest BCUT2D eigenvalue weighted by atomic mass is 16.5. The third-order valence-corrected chi connectivity index (χ3v) is 3.52. The molecule has 0 saturated carbocycles. The number of hydrogen-bond acceptors (Lipinski definition) is 2. The van der Waals surface area contributed by atoms with Crippen LogP contribution in [-0.4, -0.2) is 21.9 Å². The Morgan fingerprint density at radius 1 is 1.05 bits per heavy atom. The van der Waals surface area contributed by atoms with Gasteiger partial charge in [-0.25, -0.2) is 4.68 Å². The first-order valence-corrected chi connectivity index (χ1v) is 6.46. The van der Waals surface area contributed by atoms with Crippen LogP contribution in [0.25, 0.3) is 27.6 Å². The molecule has 0 aliphatic carbocycles. The van der Waals surface area contributed by atoms with Crippen LogP contribution < -0.4 is 4.74 Å². The Labute approximate surface area is 115 Å².